The highest BCUT2D eigenvalue weighted by Gasteiger charge is 2.43. The Labute approximate surface area is 183 Å². The van der Waals surface area contributed by atoms with Crippen LogP contribution in [-0.4, -0.2) is 48.0 Å². The Bertz CT molecular complexity index is 1060. The largest absolute Gasteiger partial charge is 0.416 e. The van der Waals surface area contributed by atoms with Crippen LogP contribution in [0.15, 0.2) is 42.5 Å². The van der Waals surface area contributed by atoms with E-state index in [0.717, 1.165) is 11.8 Å². The van der Waals surface area contributed by atoms with Crippen molar-refractivity contribution in [2.75, 3.05) is 30.4 Å². The number of rotatable bonds is 2. The molecule has 0 radical (unpaired) electrons. The summed E-state index contributed by atoms with van der Waals surface area (Å²) in [6.45, 7) is 2.01. The molecule has 1 atom stereocenters. The fraction of sp³-hybridized carbons (Fsp3) is 0.391. The lowest BCUT2D eigenvalue weighted by molar-refractivity contribution is -0.141. The van der Waals surface area contributed by atoms with E-state index in [1.807, 2.05) is 4.90 Å². The molecule has 2 aliphatic heterocycles. The standard InChI is InChI=1S/C23H24F3N3O3/c1-14-20(30)27-18-13-15(7-8-19(18)28(14)2)21(31)29-11-9-22(32,10-12-29)16-5-3-4-6-17(16)23(24,25)26/h3-8,13-14,32H,9-12H2,1-2H3,(H,27,30). The number of halogens is 3. The average Bonchev–Trinajstić information content (AvgIpc) is 2.77. The van der Waals surface area contributed by atoms with Crippen molar-refractivity contribution in [1.82, 2.24) is 4.90 Å². The predicted molar refractivity (Wildman–Crippen MR) is 113 cm³/mol. The number of fused-ring (bicyclic) bond motifs is 1. The van der Waals surface area contributed by atoms with Gasteiger partial charge < -0.3 is 20.2 Å². The smallest absolute Gasteiger partial charge is 0.385 e. The minimum atomic E-state index is -4.57. The van der Waals surface area contributed by atoms with Crippen LogP contribution in [-0.2, 0) is 16.6 Å². The van der Waals surface area contributed by atoms with Gasteiger partial charge in [-0.3, -0.25) is 9.59 Å². The van der Waals surface area contributed by atoms with Gasteiger partial charge in [-0.1, -0.05) is 18.2 Å². The van der Waals surface area contributed by atoms with Crippen molar-refractivity contribution < 1.29 is 27.9 Å². The lowest BCUT2D eigenvalue weighted by Crippen LogP contribution is -2.46. The molecule has 2 aromatic rings. The van der Waals surface area contributed by atoms with Crippen LogP contribution in [0.2, 0.25) is 0 Å². The Morgan fingerprint density at radius 1 is 1.16 bits per heavy atom. The van der Waals surface area contributed by atoms with Crippen LogP contribution in [0.3, 0.4) is 0 Å². The molecule has 6 nitrogen and oxygen atoms in total. The molecule has 1 unspecified atom stereocenters. The molecule has 2 aliphatic rings. The molecule has 2 N–H and O–H groups in total. The molecule has 4 rings (SSSR count). The first-order valence-electron chi connectivity index (χ1n) is 10.4. The molecular formula is C23H24F3N3O3. The number of alkyl halides is 3. The first-order chi connectivity index (χ1) is 15.0. The molecule has 0 aromatic heterocycles. The maximum absolute atomic E-state index is 13.4. The van der Waals surface area contributed by atoms with Crippen molar-refractivity contribution in [2.24, 2.45) is 0 Å². The second-order valence-electron chi connectivity index (χ2n) is 8.38. The number of likely N-dealkylation sites (N-methyl/N-ethyl adjacent to an activating group) is 1. The predicted octanol–water partition coefficient (Wildman–Crippen LogP) is 3.61. The topological polar surface area (TPSA) is 72.9 Å². The van der Waals surface area contributed by atoms with E-state index in [-0.39, 0.29) is 49.4 Å². The molecule has 1 fully saturated rings. The van der Waals surface area contributed by atoms with Crippen LogP contribution < -0.4 is 10.2 Å². The minimum Gasteiger partial charge on any atom is -0.385 e. The molecule has 2 amide bonds. The highest BCUT2D eigenvalue weighted by molar-refractivity contribution is 6.05. The van der Waals surface area contributed by atoms with Gasteiger partial charge in [0.15, 0.2) is 0 Å². The summed E-state index contributed by atoms with van der Waals surface area (Å²) >= 11 is 0. The maximum Gasteiger partial charge on any atom is 0.416 e. The molecule has 0 bridgehead atoms. The molecule has 1 saturated heterocycles. The van der Waals surface area contributed by atoms with Gasteiger partial charge >= 0.3 is 6.18 Å². The van der Waals surface area contributed by atoms with Gasteiger partial charge in [0.2, 0.25) is 5.91 Å². The fourth-order valence-electron chi connectivity index (χ4n) is 4.37. The highest BCUT2D eigenvalue weighted by Crippen LogP contribution is 2.41. The van der Waals surface area contributed by atoms with Gasteiger partial charge in [0, 0.05) is 25.7 Å². The third-order valence-corrected chi connectivity index (χ3v) is 6.45. The van der Waals surface area contributed by atoms with Crippen molar-refractivity contribution in [3.8, 4) is 0 Å². The molecule has 0 aliphatic carbocycles. The molecule has 0 spiro atoms. The maximum atomic E-state index is 13.4. The fourth-order valence-corrected chi connectivity index (χ4v) is 4.37. The second-order valence-corrected chi connectivity index (χ2v) is 8.38. The average molecular weight is 447 g/mol. The van der Waals surface area contributed by atoms with Crippen molar-refractivity contribution in [1.29, 1.82) is 0 Å². The number of aliphatic hydroxyl groups is 1. The summed E-state index contributed by atoms with van der Waals surface area (Å²) in [6, 6.07) is 9.73. The van der Waals surface area contributed by atoms with Crippen molar-refractivity contribution >= 4 is 23.2 Å². The van der Waals surface area contributed by atoms with Gasteiger partial charge in [0.05, 0.1) is 22.5 Å². The number of carbonyl (C=O) groups is 2. The van der Waals surface area contributed by atoms with Gasteiger partial charge in [-0.2, -0.15) is 13.2 Å². The van der Waals surface area contributed by atoms with Gasteiger partial charge in [-0.05, 0) is 49.6 Å². The van der Waals surface area contributed by atoms with Crippen LogP contribution in [0, 0.1) is 0 Å². The third-order valence-electron chi connectivity index (χ3n) is 6.45. The lowest BCUT2D eigenvalue weighted by atomic mass is 9.81. The zero-order valence-corrected chi connectivity index (χ0v) is 17.7. The number of nitrogens with one attached hydrogen (secondary N) is 1. The third kappa shape index (κ3) is 3.81. The summed E-state index contributed by atoms with van der Waals surface area (Å²) in [5.74, 6) is -0.467. The normalized spacial score (nSPS) is 20.6. The van der Waals surface area contributed by atoms with Crippen LogP contribution in [0.25, 0.3) is 0 Å². The van der Waals surface area contributed by atoms with E-state index in [1.165, 1.54) is 23.1 Å². The second kappa shape index (κ2) is 7.81. The van der Waals surface area contributed by atoms with Gasteiger partial charge in [0.25, 0.3) is 5.91 Å². The zero-order valence-electron chi connectivity index (χ0n) is 17.7. The summed E-state index contributed by atoms with van der Waals surface area (Å²) in [6.07, 6.45) is -4.58. The van der Waals surface area contributed by atoms with Crippen LogP contribution >= 0.6 is 0 Å². The summed E-state index contributed by atoms with van der Waals surface area (Å²) in [5.41, 5.74) is -0.974. The molecule has 2 aromatic carbocycles. The van der Waals surface area contributed by atoms with Gasteiger partial charge in [-0.15, -0.1) is 0 Å². The van der Waals surface area contributed by atoms with E-state index in [9.17, 15) is 27.9 Å². The minimum absolute atomic E-state index is 0.00619. The molecule has 9 heteroatoms. The monoisotopic (exact) mass is 447 g/mol. The number of carbonyl (C=O) groups excluding carboxylic acids is 2. The molecular weight excluding hydrogens is 423 g/mol. The number of hydrogen-bond donors (Lipinski definition) is 2. The van der Waals surface area contributed by atoms with Crippen LogP contribution in [0.5, 0.6) is 0 Å². The number of amides is 2. The molecule has 170 valence electrons. The van der Waals surface area contributed by atoms with Gasteiger partial charge in [-0.25, -0.2) is 0 Å². The molecule has 32 heavy (non-hydrogen) atoms. The number of piperidine rings is 1. The first-order valence-corrected chi connectivity index (χ1v) is 10.4. The van der Waals surface area contributed by atoms with E-state index >= 15 is 0 Å². The number of anilines is 2. The van der Waals surface area contributed by atoms with Crippen molar-refractivity contribution in [3.05, 3.63) is 59.2 Å². The van der Waals surface area contributed by atoms with Crippen molar-refractivity contribution in [3.63, 3.8) is 0 Å². The summed E-state index contributed by atoms with van der Waals surface area (Å²) in [4.78, 5) is 28.5. The lowest BCUT2D eigenvalue weighted by Gasteiger charge is -2.39. The zero-order chi connectivity index (χ0) is 23.3. The van der Waals surface area contributed by atoms with E-state index in [0.29, 0.717) is 11.3 Å². The Kier molecular flexibility index (Phi) is 5.40. The number of hydrogen-bond acceptors (Lipinski definition) is 4. The van der Waals surface area contributed by atoms with E-state index in [2.05, 4.69) is 5.32 Å². The SMILES string of the molecule is CC1C(=O)Nc2cc(C(=O)N3CCC(O)(c4ccccc4C(F)(F)F)CC3)ccc2N1C. The number of benzene rings is 2. The Hall–Kier alpha value is -3.07. The summed E-state index contributed by atoms with van der Waals surface area (Å²) < 4.78 is 40.2. The van der Waals surface area contributed by atoms with Crippen LogP contribution in [0.1, 0.15) is 41.3 Å². The first kappa shape index (κ1) is 22.1. The Morgan fingerprint density at radius 2 is 1.81 bits per heavy atom. The van der Waals surface area contributed by atoms with E-state index in [4.69, 9.17) is 0 Å². The molecule has 0 saturated carbocycles. The summed E-state index contributed by atoms with van der Waals surface area (Å²) in [7, 11) is 1.80. The molecule has 2 heterocycles. The number of nitrogens with zero attached hydrogens (tertiary/aromatic N) is 2. The quantitative estimate of drug-likeness (QED) is 0.738. The highest BCUT2D eigenvalue weighted by atomic mass is 19.4. The summed E-state index contributed by atoms with van der Waals surface area (Å²) in [5, 5.41) is 13.8. The van der Waals surface area contributed by atoms with Crippen LogP contribution in [0.4, 0.5) is 24.5 Å². The number of likely N-dealkylation sites (tertiary alicyclic amines) is 1. The van der Waals surface area contributed by atoms with Gasteiger partial charge in [0.1, 0.15) is 6.04 Å². The van der Waals surface area contributed by atoms with Crippen molar-refractivity contribution in [2.45, 2.75) is 37.6 Å². The van der Waals surface area contributed by atoms with E-state index in [1.54, 1.807) is 32.2 Å². The Morgan fingerprint density at radius 3 is 2.47 bits per heavy atom. The van der Waals surface area contributed by atoms with E-state index < -0.39 is 17.3 Å². The Balaban J connectivity index is 1.52.